The fourth-order valence-corrected chi connectivity index (χ4v) is 1.70. The Morgan fingerprint density at radius 1 is 1.28 bits per heavy atom. The van der Waals surface area contributed by atoms with Gasteiger partial charge in [-0.3, -0.25) is 9.48 Å². The fraction of sp³-hybridized carbons (Fsp3) is 0.214. The molecular weight excluding hydrogens is 351 g/mol. The minimum atomic E-state index is -4.58. The lowest BCUT2D eigenvalue weighted by Gasteiger charge is -2.04. The molecule has 0 aliphatic heterocycles. The summed E-state index contributed by atoms with van der Waals surface area (Å²) in [6.07, 6.45) is -2.33. The van der Waals surface area contributed by atoms with Crippen LogP contribution < -0.4 is 10.2 Å². The standard InChI is InChI=1S/C14H11F5N4O2/c15-13(16)25-10-3-1-9(2-4-10)7-20-21-12(24)8-23-6-5-11(22-23)14(17,18)19/h1-7,13H,8H2,(H,21,24). The van der Waals surface area contributed by atoms with Crippen molar-refractivity contribution < 1.29 is 31.5 Å². The molecule has 0 aliphatic rings. The minimum absolute atomic E-state index is 0.0321. The average molecular weight is 362 g/mol. The van der Waals surface area contributed by atoms with E-state index in [4.69, 9.17) is 0 Å². The Hall–Kier alpha value is -2.98. The smallest absolute Gasteiger partial charge is 0.435 e. The highest BCUT2D eigenvalue weighted by atomic mass is 19.4. The zero-order chi connectivity index (χ0) is 18.4. The van der Waals surface area contributed by atoms with Crippen molar-refractivity contribution in [2.75, 3.05) is 0 Å². The van der Waals surface area contributed by atoms with Gasteiger partial charge in [0.15, 0.2) is 5.69 Å². The number of aromatic nitrogens is 2. The van der Waals surface area contributed by atoms with E-state index in [1.54, 1.807) is 0 Å². The lowest BCUT2D eigenvalue weighted by Crippen LogP contribution is -2.23. The number of nitrogens with zero attached hydrogens (tertiary/aromatic N) is 3. The zero-order valence-electron chi connectivity index (χ0n) is 12.4. The van der Waals surface area contributed by atoms with Crippen molar-refractivity contribution in [1.82, 2.24) is 15.2 Å². The highest BCUT2D eigenvalue weighted by Crippen LogP contribution is 2.27. The van der Waals surface area contributed by atoms with E-state index in [0.717, 1.165) is 16.9 Å². The van der Waals surface area contributed by atoms with Crippen LogP contribution in [0.15, 0.2) is 41.6 Å². The van der Waals surface area contributed by atoms with Gasteiger partial charge in [-0.15, -0.1) is 0 Å². The first-order chi connectivity index (χ1) is 11.7. The molecule has 2 rings (SSSR count). The Labute approximate surface area is 137 Å². The third kappa shape index (κ3) is 5.86. The molecule has 134 valence electrons. The summed E-state index contributed by atoms with van der Waals surface area (Å²) in [5, 5.41) is 6.83. The largest absolute Gasteiger partial charge is 0.435 e. The highest BCUT2D eigenvalue weighted by molar-refractivity contribution is 5.82. The van der Waals surface area contributed by atoms with Crippen molar-refractivity contribution in [2.24, 2.45) is 5.10 Å². The molecule has 0 unspecified atom stereocenters. The van der Waals surface area contributed by atoms with Crippen molar-refractivity contribution in [1.29, 1.82) is 0 Å². The number of hydrogen-bond acceptors (Lipinski definition) is 4. The van der Waals surface area contributed by atoms with Gasteiger partial charge in [0.2, 0.25) is 0 Å². The van der Waals surface area contributed by atoms with Crippen LogP contribution in [0.2, 0.25) is 0 Å². The van der Waals surface area contributed by atoms with E-state index in [0.29, 0.717) is 5.56 Å². The molecule has 1 aromatic heterocycles. The maximum atomic E-state index is 12.4. The van der Waals surface area contributed by atoms with Gasteiger partial charge in [0, 0.05) is 6.20 Å². The van der Waals surface area contributed by atoms with Crippen LogP contribution >= 0.6 is 0 Å². The first-order valence-corrected chi connectivity index (χ1v) is 6.71. The molecule has 0 aliphatic carbocycles. The number of ether oxygens (including phenoxy) is 1. The molecule has 1 aromatic carbocycles. The topological polar surface area (TPSA) is 68.5 Å². The monoisotopic (exact) mass is 362 g/mol. The molecule has 0 fully saturated rings. The van der Waals surface area contributed by atoms with E-state index in [1.807, 2.05) is 0 Å². The Bertz CT molecular complexity index is 740. The molecule has 25 heavy (non-hydrogen) atoms. The van der Waals surface area contributed by atoms with Gasteiger partial charge in [-0.05, 0) is 35.9 Å². The number of hydrazone groups is 1. The molecule has 1 N–H and O–H groups in total. The number of rotatable bonds is 6. The van der Waals surface area contributed by atoms with Crippen LogP contribution in [0.25, 0.3) is 0 Å². The maximum absolute atomic E-state index is 12.4. The highest BCUT2D eigenvalue weighted by Gasteiger charge is 2.33. The van der Waals surface area contributed by atoms with Gasteiger partial charge >= 0.3 is 12.8 Å². The predicted molar refractivity (Wildman–Crippen MR) is 76.0 cm³/mol. The second kappa shape index (κ2) is 7.73. The van der Waals surface area contributed by atoms with Gasteiger partial charge in [-0.25, -0.2) is 5.43 Å². The molecule has 0 radical (unpaired) electrons. The van der Waals surface area contributed by atoms with Crippen LogP contribution in [0.5, 0.6) is 5.75 Å². The molecule has 1 amide bonds. The summed E-state index contributed by atoms with van der Waals surface area (Å²) in [6, 6.07) is 6.18. The lowest BCUT2D eigenvalue weighted by atomic mass is 10.2. The SMILES string of the molecule is O=C(Cn1ccc(C(F)(F)F)n1)NN=Cc1ccc(OC(F)F)cc1. The number of alkyl halides is 5. The van der Waals surface area contributed by atoms with Crippen LogP contribution in [0.4, 0.5) is 22.0 Å². The zero-order valence-corrected chi connectivity index (χ0v) is 12.4. The summed E-state index contributed by atoms with van der Waals surface area (Å²) in [5.41, 5.74) is 1.50. The second-order valence-electron chi connectivity index (χ2n) is 4.64. The molecule has 6 nitrogen and oxygen atoms in total. The van der Waals surface area contributed by atoms with Crippen molar-refractivity contribution >= 4 is 12.1 Å². The second-order valence-corrected chi connectivity index (χ2v) is 4.64. The summed E-state index contributed by atoms with van der Waals surface area (Å²) in [4.78, 5) is 11.6. The quantitative estimate of drug-likeness (QED) is 0.488. The van der Waals surface area contributed by atoms with Crippen molar-refractivity contribution in [2.45, 2.75) is 19.3 Å². The van der Waals surface area contributed by atoms with Gasteiger partial charge in [0.05, 0.1) is 6.21 Å². The lowest BCUT2D eigenvalue weighted by molar-refractivity contribution is -0.141. The fourth-order valence-electron chi connectivity index (χ4n) is 1.70. The van der Waals surface area contributed by atoms with E-state index >= 15 is 0 Å². The molecule has 1 heterocycles. The minimum Gasteiger partial charge on any atom is -0.435 e. The Kier molecular flexibility index (Phi) is 5.67. The van der Waals surface area contributed by atoms with Crippen LogP contribution in [0.1, 0.15) is 11.3 Å². The normalized spacial score (nSPS) is 11.9. The van der Waals surface area contributed by atoms with Crippen LogP contribution in [0, 0.1) is 0 Å². The van der Waals surface area contributed by atoms with E-state index in [1.165, 1.54) is 30.5 Å². The van der Waals surface area contributed by atoms with Crippen molar-refractivity contribution in [3.8, 4) is 5.75 Å². The van der Waals surface area contributed by atoms with Crippen molar-refractivity contribution in [3.05, 3.63) is 47.8 Å². The third-order valence-corrected chi connectivity index (χ3v) is 2.74. The summed E-state index contributed by atoms with van der Waals surface area (Å²) < 4.78 is 66.1. The summed E-state index contributed by atoms with van der Waals surface area (Å²) in [7, 11) is 0. The first-order valence-electron chi connectivity index (χ1n) is 6.71. The van der Waals surface area contributed by atoms with Gasteiger partial charge < -0.3 is 4.74 Å². The van der Waals surface area contributed by atoms with E-state index in [9.17, 15) is 26.7 Å². The summed E-state index contributed by atoms with van der Waals surface area (Å²) in [5.74, 6) is -0.721. The number of carbonyl (C=O) groups excluding carboxylic acids is 1. The van der Waals surface area contributed by atoms with Crippen LogP contribution in [-0.2, 0) is 17.5 Å². The summed E-state index contributed by atoms with van der Waals surface area (Å²) in [6.45, 7) is -3.38. The van der Waals surface area contributed by atoms with Gasteiger partial charge in [0.25, 0.3) is 5.91 Å². The molecule has 0 saturated heterocycles. The Balaban J connectivity index is 1.85. The maximum Gasteiger partial charge on any atom is 0.435 e. The third-order valence-electron chi connectivity index (χ3n) is 2.74. The summed E-state index contributed by atoms with van der Waals surface area (Å²) >= 11 is 0. The molecular formula is C14H11F5N4O2. The number of carbonyl (C=O) groups is 1. The van der Waals surface area contributed by atoms with E-state index in [-0.39, 0.29) is 5.75 Å². The van der Waals surface area contributed by atoms with Crippen LogP contribution in [0.3, 0.4) is 0 Å². The van der Waals surface area contributed by atoms with E-state index < -0.39 is 30.9 Å². The Morgan fingerprint density at radius 3 is 2.52 bits per heavy atom. The molecule has 11 heteroatoms. The average Bonchev–Trinajstić information content (AvgIpc) is 2.97. The molecule has 2 aromatic rings. The van der Waals surface area contributed by atoms with Gasteiger partial charge in [0.1, 0.15) is 12.3 Å². The van der Waals surface area contributed by atoms with Gasteiger partial charge in [-0.2, -0.15) is 32.2 Å². The number of halogens is 5. The predicted octanol–water partition coefficient (Wildman–Crippen LogP) is 2.65. The number of hydrogen-bond donors (Lipinski definition) is 1. The molecule has 0 spiro atoms. The van der Waals surface area contributed by atoms with Crippen LogP contribution in [-0.4, -0.2) is 28.5 Å². The molecule has 0 saturated carbocycles. The van der Waals surface area contributed by atoms with Gasteiger partial charge in [-0.1, -0.05) is 0 Å². The first kappa shape index (κ1) is 18.4. The Morgan fingerprint density at radius 2 is 1.96 bits per heavy atom. The molecule has 0 bridgehead atoms. The van der Waals surface area contributed by atoms with E-state index in [2.05, 4.69) is 20.4 Å². The number of amides is 1. The van der Waals surface area contributed by atoms with Crippen molar-refractivity contribution in [3.63, 3.8) is 0 Å². The number of benzene rings is 1. The number of nitrogens with one attached hydrogen (secondary N) is 1. The molecule has 0 atom stereocenters.